The smallest absolute Gasteiger partial charge is 0.227 e. The maximum atomic E-state index is 13.3. The predicted octanol–water partition coefficient (Wildman–Crippen LogP) is 1.69. The van der Waals surface area contributed by atoms with Crippen LogP contribution < -0.4 is 0 Å². The van der Waals surface area contributed by atoms with Gasteiger partial charge in [0.1, 0.15) is 5.82 Å². The number of hydrogen-bond acceptors (Lipinski definition) is 3. The number of carbonyl (C=O) groups is 1. The molecule has 2 heterocycles. The Balaban J connectivity index is 1.74. The number of nitrogens with zero attached hydrogens (tertiary/aromatic N) is 2. The molecule has 0 aromatic heterocycles. The van der Waals surface area contributed by atoms with Gasteiger partial charge in [0.25, 0.3) is 0 Å². The summed E-state index contributed by atoms with van der Waals surface area (Å²) < 4.78 is 19.2. The van der Waals surface area contributed by atoms with Gasteiger partial charge in [-0.2, -0.15) is 0 Å². The standard InChI is InChI=1S/C17H23FN2O2/c1-19(2)15-11-20(14-7-4-8-22-17(14)15)16(21)10-12-5-3-6-13(18)9-12/h3,5-6,9,14-15,17H,4,7-8,10-11H2,1-2H3/t14-,15-,17+/m1/s1. The number of benzene rings is 1. The van der Waals surface area contributed by atoms with Gasteiger partial charge in [0.05, 0.1) is 24.6 Å². The molecule has 4 nitrogen and oxygen atoms in total. The summed E-state index contributed by atoms with van der Waals surface area (Å²) in [6.45, 7) is 1.47. The largest absolute Gasteiger partial charge is 0.374 e. The minimum atomic E-state index is -0.295. The molecular formula is C17H23FN2O2. The van der Waals surface area contributed by atoms with E-state index >= 15 is 0 Å². The Bertz CT molecular complexity index is 549. The van der Waals surface area contributed by atoms with E-state index in [1.165, 1.54) is 12.1 Å². The molecule has 120 valence electrons. The number of halogens is 1. The lowest BCUT2D eigenvalue weighted by molar-refractivity contribution is -0.134. The van der Waals surface area contributed by atoms with E-state index in [4.69, 9.17) is 4.74 Å². The van der Waals surface area contributed by atoms with Crippen molar-refractivity contribution in [2.75, 3.05) is 27.2 Å². The number of likely N-dealkylation sites (N-methyl/N-ethyl adjacent to an activating group) is 1. The number of fused-ring (bicyclic) bond motifs is 1. The normalized spacial score (nSPS) is 28.0. The molecule has 1 aromatic carbocycles. The third-order valence-corrected chi connectivity index (χ3v) is 4.73. The lowest BCUT2D eigenvalue weighted by Gasteiger charge is -2.33. The highest BCUT2D eigenvalue weighted by molar-refractivity contribution is 5.79. The van der Waals surface area contributed by atoms with E-state index in [-0.39, 0.29) is 36.3 Å². The zero-order chi connectivity index (χ0) is 15.7. The van der Waals surface area contributed by atoms with Crippen LogP contribution >= 0.6 is 0 Å². The molecule has 1 amide bonds. The Morgan fingerprint density at radius 1 is 1.45 bits per heavy atom. The molecule has 2 aliphatic heterocycles. The van der Waals surface area contributed by atoms with Crippen LogP contribution in [0.2, 0.25) is 0 Å². The van der Waals surface area contributed by atoms with Crippen LogP contribution in [0.1, 0.15) is 18.4 Å². The molecule has 3 rings (SSSR count). The van der Waals surface area contributed by atoms with Crippen LogP contribution in [0.4, 0.5) is 4.39 Å². The van der Waals surface area contributed by atoms with Crippen molar-refractivity contribution >= 4 is 5.91 Å². The van der Waals surface area contributed by atoms with Crippen LogP contribution in [0.5, 0.6) is 0 Å². The highest BCUT2D eigenvalue weighted by Gasteiger charge is 2.46. The van der Waals surface area contributed by atoms with E-state index in [9.17, 15) is 9.18 Å². The van der Waals surface area contributed by atoms with Crippen molar-refractivity contribution in [3.63, 3.8) is 0 Å². The summed E-state index contributed by atoms with van der Waals surface area (Å²) in [4.78, 5) is 16.8. The van der Waals surface area contributed by atoms with Gasteiger partial charge in [-0.15, -0.1) is 0 Å². The summed E-state index contributed by atoms with van der Waals surface area (Å²) in [5.41, 5.74) is 0.728. The Morgan fingerprint density at radius 3 is 3.00 bits per heavy atom. The Labute approximate surface area is 130 Å². The van der Waals surface area contributed by atoms with E-state index < -0.39 is 0 Å². The van der Waals surface area contributed by atoms with Gasteiger partial charge in [0.2, 0.25) is 5.91 Å². The lowest BCUT2D eigenvalue weighted by Crippen LogP contribution is -2.46. The molecule has 5 heteroatoms. The molecule has 0 saturated carbocycles. The molecule has 3 atom stereocenters. The van der Waals surface area contributed by atoms with E-state index in [2.05, 4.69) is 4.90 Å². The highest BCUT2D eigenvalue weighted by Crippen LogP contribution is 2.31. The zero-order valence-corrected chi connectivity index (χ0v) is 13.2. The summed E-state index contributed by atoms with van der Waals surface area (Å²) in [6.07, 6.45) is 2.33. The maximum Gasteiger partial charge on any atom is 0.227 e. The van der Waals surface area contributed by atoms with Crippen molar-refractivity contribution in [2.45, 2.75) is 37.5 Å². The molecule has 0 unspecified atom stereocenters. The van der Waals surface area contributed by atoms with Crippen molar-refractivity contribution in [1.29, 1.82) is 0 Å². The number of likely N-dealkylation sites (tertiary alicyclic amines) is 1. The molecule has 2 fully saturated rings. The second-order valence-electron chi connectivity index (χ2n) is 6.43. The van der Waals surface area contributed by atoms with E-state index in [0.29, 0.717) is 6.54 Å². The number of hydrogen-bond donors (Lipinski definition) is 0. The van der Waals surface area contributed by atoms with Crippen molar-refractivity contribution in [2.24, 2.45) is 0 Å². The van der Waals surface area contributed by atoms with Gasteiger partial charge in [0, 0.05) is 13.2 Å². The average Bonchev–Trinajstić information content (AvgIpc) is 2.87. The molecule has 0 aliphatic carbocycles. The van der Waals surface area contributed by atoms with Crippen LogP contribution in [0.3, 0.4) is 0 Å². The van der Waals surface area contributed by atoms with E-state index in [1.54, 1.807) is 12.1 Å². The minimum Gasteiger partial charge on any atom is -0.374 e. The highest BCUT2D eigenvalue weighted by atomic mass is 19.1. The summed E-state index contributed by atoms with van der Waals surface area (Å²) in [5, 5.41) is 0. The first-order valence-electron chi connectivity index (χ1n) is 7.88. The Morgan fingerprint density at radius 2 is 2.27 bits per heavy atom. The Kier molecular flexibility index (Phi) is 4.45. The molecule has 2 aliphatic rings. The molecule has 2 saturated heterocycles. The average molecular weight is 306 g/mol. The van der Waals surface area contributed by atoms with Crippen molar-refractivity contribution in [3.05, 3.63) is 35.6 Å². The minimum absolute atomic E-state index is 0.0652. The summed E-state index contributed by atoms with van der Waals surface area (Å²) >= 11 is 0. The number of carbonyl (C=O) groups excluding carboxylic acids is 1. The number of ether oxygens (including phenoxy) is 1. The van der Waals surface area contributed by atoms with Gasteiger partial charge in [-0.25, -0.2) is 4.39 Å². The first-order chi connectivity index (χ1) is 10.6. The topological polar surface area (TPSA) is 32.8 Å². The monoisotopic (exact) mass is 306 g/mol. The second-order valence-corrected chi connectivity index (χ2v) is 6.43. The summed E-state index contributed by atoms with van der Waals surface area (Å²) in [6, 6.07) is 6.68. The molecule has 0 spiro atoms. The zero-order valence-electron chi connectivity index (χ0n) is 13.2. The molecular weight excluding hydrogens is 283 g/mol. The van der Waals surface area contributed by atoms with Crippen LogP contribution in [0, 0.1) is 5.82 Å². The number of amides is 1. The maximum absolute atomic E-state index is 13.3. The predicted molar refractivity (Wildman–Crippen MR) is 82.1 cm³/mol. The van der Waals surface area contributed by atoms with Gasteiger partial charge in [0.15, 0.2) is 0 Å². The molecule has 1 aromatic rings. The van der Waals surface area contributed by atoms with Gasteiger partial charge in [-0.3, -0.25) is 4.79 Å². The van der Waals surface area contributed by atoms with Crippen molar-refractivity contribution in [1.82, 2.24) is 9.80 Å². The summed E-state index contributed by atoms with van der Waals surface area (Å²) in [5.74, 6) is -0.229. The quantitative estimate of drug-likeness (QED) is 0.852. The lowest BCUT2D eigenvalue weighted by atomic mass is 10.0. The van der Waals surface area contributed by atoms with E-state index in [1.807, 2.05) is 19.0 Å². The van der Waals surface area contributed by atoms with Crippen LogP contribution in [-0.4, -0.2) is 61.1 Å². The molecule has 0 radical (unpaired) electrons. The van der Waals surface area contributed by atoms with Crippen LogP contribution in [0.15, 0.2) is 24.3 Å². The second kappa shape index (κ2) is 6.34. The van der Waals surface area contributed by atoms with Gasteiger partial charge < -0.3 is 14.5 Å². The van der Waals surface area contributed by atoms with Crippen LogP contribution in [0.25, 0.3) is 0 Å². The fourth-order valence-electron chi connectivity index (χ4n) is 3.60. The van der Waals surface area contributed by atoms with E-state index in [0.717, 1.165) is 25.0 Å². The SMILES string of the molecule is CN(C)[C@@H]1CN(C(=O)Cc2cccc(F)c2)[C@@H]2CCCO[C@H]12. The molecule has 0 N–H and O–H groups in total. The van der Waals surface area contributed by atoms with Gasteiger partial charge in [-0.05, 0) is 44.6 Å². The molecule has 0 bridgehead atoms. The first-order valence-corrected chi connectivity index (χ1v) is 7.88. The van der Waals surface area contributed by atoms with Crippen molar-refractivity contribution in [3.8, 4) is 0 Å². The van der Waals surface area contributed by atoms with Crippen molar-refractivity contribution < 1.29 is 13.9 Å². The fraction of sp³-hybridized carbons (Fsp3) is 0.588. The Hall–Kier alpha value is -1.46. The van der Waals surface area contributed by atoms with Crippen LogP contribution in [-0.2, 0) is 16.0 Å². The fourth-order valence-corrected chi connectivity index (χ4v) is 3.60. The first kappa shape index (κ1) is 15.4. The number of rotatable bonds is 3. The van der Waals surface area contributed by atoms with Gasteiger partial charge >= 0.3 is 0 Å². The third-order valence-electron chi connectivity index (χ3n) is 4.73. The third kappa shape index (κ3) is 3.01. The summed E-state index contributed by atoms with van der Waals surface area (Å²) in [7, 11) is 4.06. The van der Waals surface area contributed by atoms with Gasteiger partial charge in [-0.1, -0.05) is 12.1 Å². The molecule has 22 heavy (non-hydrogen) atoms.